The van der Waals surface area contributed by atoms with Crippen LogP contribution in [0.25, 0.3) is 0 Å². The van der Waals surface area contributed by atoms with E-state index in [9.17, 15) is 13.2 Å². The fourth-order valence-electron chi connectivity index (χ4n) is 2.67. The summed E-state index contributed by atoms with van der Waals surface area (Å²) in [7, 11) is -3.30. The summed E-state index contributed by atoms with van der Waals surface area (Å²) in [6.07, 6.45) is 9.10. The molecule has 1 aliphatic rings. The van der Waals surface area contributed by atoms with Gasteiger partial charge in [-0.25, -0.2) is 13.2 Å². The van der Waals surface area contributed by atoms with Crippen LogP contribution in [0.4, 0.5) is 10.5 Å². The molecule has 1 aromatic rings. The molecule has 1 aliphatic carbocycles. The van der Waals surface area contributed by atoms with Crippen molar-refractivity contribution in [2.75, 3.05) is 17.5 Å². The zero-order chi connectivity index (χ0) is 17.4. The first-order valence-electron chi connectivity index (χ1n) is 8.19. The molecule has 0 bridgehead atoms. The Morgan fingerprint density at radius 3 is 2.75 bits per heavy atom. The minimum Gasteiger partial charge on any atom is -0.338 e. The Bertz CT molecular complexity index is 699. The van der Waals surface area contributed by atoms with E-state index >= 15 is 0 Å². The quantitative estimate of drug-likeness (QED) is 0.660. The van der Waals surface area contributed by atoms with Crippen molar-refractivity contribution in [3.63, 3.8) is 0 Å². The van der Waals surface area contributed by atoms with Crippen LogP contribution in [-0.4, -0.2) is 27.2 Å². The van der Waals surface area contributed by atoms with Gasteiger partial charge in [0.2, 0.25) is 10.0 Å². The van der Waals surface area contributed by atoms with E-state index < -0.39 is 10.0 Å². The van der Waals surface area contributed by atoms with Crippen LogP contribution in [0.5, 0.6) is 0 Å². The standard InChI is InChI=1S/C17H25N3O3S/c1-24(22,23)20-16-9-5-8-15(12-16)13-19-17(21)18-11-10-14-6-3-2-4-7-14/h5-6,8-9,12,20H,2-4,7,10-11,13H2,1H3,(H2,18,19,21). The lowest BCUT2D eigenvalue weighted by Gasteiger charge is -2.13. The summed E-state index contributed by atoms with van der Waals surface area (Å²) in [6.45, 7) is 0.973. The second kappa shape index (κ2) is 8.73. The third kappa shape index (κ3) is 7.04. The van der Waals surface area contributed by atoms with Gasteiger partial charge in [-0.1, -0.05) is 23.8 Å². The average Bonchev–Trinajstić information content (AvgIpc) is 2.53. The highest BCUT2D eigenvalue weighted by Crippen LogP contribution is 2.19. The molecule has 0 atom stereocenters. The predicted octanol–water partition coefficient (Wildman–Crippen LogP) is 2.75. The maximum Gasteiger partial charge on any atom is 0.315 e. The van der Waals surface area contributed by atoms with Crippen molar-refractivity contribution in [1.82, 2.24) is 10.6 Å². The second-order valence-electron chi connectivity index (χ2n) is 6.04. The van der Waals surface area contributed by atoms with Crippen LogP contribution < -0.4 is 15.4 Å². The Kier molecular flexibility index (Phi) is 6.66. The monoisotopic (exact) mass is 351 g/mol. The highest BCUT2D eigenvalue weighted by molar-refractivity contribution is 7.92. The molecular formula is C17H25N3O3S. The van der Waals surface area contributed by atoms with E-state index in [1.807, 2.05) is 6.07 Å². The van der Waals surface area contributed by atoms with Gasteiger partial charge in [-0.05, 0) is 49.8 Å². The van der Waals surface area contributed by atoms with Crippen LogP contribution in [0, 0.1) is 0 Å². The van der Waals surface area contributed by atoms with Gasteiger partial charge in [0.1, 0.15) is 0 Å². The van der Waals surface area contributed by atoms with E-state index in [0.717, 1.165) is 31.1 Å². The first-order valence-corrected chi connectivity index (χ1v) is 10.1. The van der Waals surface area contributed by atoms with Crippen LogP contribution in [0.2, 0.25) is 0 Å². The van der Waals surface area contributed by atoms with E-state index in [1.165, 1.54) is 18.4 Å². The second-order valence-corrected chi connectivity index (χ2v) is 7.79. The van der Waals surface area contributed by atoms with Crippen LogP contribution >= 0.6 is 0 Å². The molecule has 0 spiro atoms. The smallest absolute Gasteiger partial charge is 0.315 e. The molecule has 132 valence electrons. The molecule has 0 aromatic heterocycles. The first-order chi connectivity index (χ1) is 11.4. The SMILES string of the molecule is CS(=O)(=O)Nc1cccc(CNC(=O)NCCC2=CCCCC2)c1. The van der Waals surface area contributed by atoms with Crippen LogP contribution in [-0.2, 0) is 16.6 Å². The molecule has 0 saturated heterocycles. The van der Waals surface area contributed by atoms with E-state index in [1.54, 1.807) is 18.2 Å². The highest BCUT2D eigenvalue weighted by atomic mass is 32.2. The molecule has 0 saturated carbocycles. The van der Waals surface area contributed by atoms with Gasteiger partial charge in [0.25, 0.3) is 0 Å². The maximum atomic E-state index is 11.8. The number of carbonyl (C=O) groups is 1. The molecule has 2 amide bonds. The summed E-state index contributed by atoms with van der Waals surface area (Å²) < 4.78 is 24.9. The fourth-order valence-corrected chi connectivity index (χ4v) is 3.23. The summed E-state index contributed by atoms with van der Waals surface area (Å²) in [4.78, 5) is 11.8. The van der Waals surface area contributed by atoms with Crippen LogP contribution in [0.1, 0.15) is 37.7 Å². The number of anilines is 1. The predicted molar refractivity (Wildman–Crippen MR) is 96.3 cm³/mol. The van der Waals surface area contributed by atoms with Gasteiger partial charge in [-0.2, -0.15) is 0 Å². The molecular weight excluding hydrogens is 326 g/mol. The Labute approximate surface area is 143 Å². The molecule has 24 heavy (non-hydrogen) atoms. The molecule has 0 unspecified atom stereocenters. The zero-order valence-electron chi connectivity index (χ0n) is 14.0. The lowest BCUT2D eigenvalue weighted by Crippen LogP contribution is -2.35. The van der Waals surface area contributed by atoms with Gasteiger partial charge in [0, 0.05) is 18.8 Å². The molecule has 7 heteroatoms. The van der Waals surface area contributed by atoms with Gasteiger partial charge in [-0.3, -0.25) is 4.72 Å². The number of rotatable bonds is 7. The lowest BCUT2D eigenvalue weighted by molar-refractivity contribution is 0.240. The number of amides is 2. The number of allylic oxidation sites excluding steroid dienone is 1. The first kappa shape index (κ1) is 18.3. The van der Waals surface area contributed by atoms with Crippen molar-refractivity contribution in [2.24, 2.45) is 0 Å². The van der Waals surface area contributed by atoms with Crippen molar-refractivity contribution in [3.8, 4) is 0 Å². The largest absolute Gasteiger partial charge is 0.338 e. The average molecular weight is 351 g/mol. The number of sulfonamides is 1. The number of urea groups is 1. The Morgan fingerprint density at radius 1 is 1.21 bits per heavy atom. The Balaban J connectivity index is 1.73. The number of benzene rings is 1. The minimum atomic E-state index is -3.30. The summed E-state index contributed by atoms with van der Waals surface area (Å²) >= 11 is 0. The van der Waals surface area contributed by atoms with Crippen molar-refractivity contribution in [2.45, 2.75) is 38.6 Å². The van der Waals surface area contributed by atoms with Gasteiger partial charge >= 0.3 is 6.03 Å². The summed E-state index contributed by atoms with van der Waals surface area (Å²) in [5.74, 6) is 0. The van der Waals surface area contributed by atoms with E-state index in [4.69, 9.17) is 0 Å². The number of nitrogens with one attached hydrogen (secondary N) is 3. The fraction of sp³-hybridized carbons (Fsp3) is 0.471. The van der Waals surface area contributed by atoms with Gasteiger partial charge in [-0.15, -0.1) is 0 Å². The third-order valence-corrected chi connectivity index (χ3v) is 4.41. The molecule has 0 aliphatic heterocycles. The lowest BCUT2D eigenvalue weighted by atomic mass is 9.97. The van der Waals surface area contributed by atoms with E-state index in [2.05, 4.69) is 21.4 Å². The van der Waals surface area contributed by atoms with Gasteiger partial charge in [0.05, 0.1) is 6.26 Å². The van der Waals surface area contributed by atoms with Crippen LogP contribution in [0.3, 0.4) is 0 Å². The van der Waals surface area contributed by atoms with Crippen molar-refractivity contribution < 1.29 is 13.2 Å². The normalized spacial score (nSPS) is 14.6. The maximum absolute atomic E-state index is 11.8. The number of carbonyl (C=O) groups excluding carboxylic acids is 1. The van der Waals surface area contributed by atoms with Crippen molar-refractivity contribution >= 4 is 21.7 Å². The Hall–Kier alpha value is -2.02. The third-order valence-electron chi connectivity index (χ3n) is 3.80. The van der Waals surface area contributed by atoms with E-state index in [0.29, 0.717) is 18.8 Å². The minimum absolute atomic E-state index is 0.215. The summed E-state index contributed by atoms with van der Waals surface area (Å²) in [5, 5.41) is 5.63. The van der Waals surface area contributed by atoms with Gasteiger partial charge < -0.3 is 10.6 Å². The van der Waals surface area contributed by atoms with Crippen molar-refractivity contribution in [1.29, 1.82) is 0 Å². The zero-order valence-corrected chi connectivity index (χ0v) is 14.8. The summed E-state index contributed by atoms with van der Waals surface area (Å²) in [5.41, 5.74) is 2.75. The van der Waals surface area contributed by atoms with Crippen molar-refractivity contribution in [3.05, 3.63) is 41.5 Å². The van der Waals surface area contributed by atoms with E-state index in [-0.39, 0.29) is 6.03 Å². The molecule has 1 aromatic carbocycles. The molecule has 2 rings (SSSR count). The molecule has 0 radical (unpaired) electrons. The van der Waals surface area contributed by atoms with Crippen LogP contribution in [0.15, 0.2) is 35.9 Å². The Morgan fingerprint density at radius 2 is 2.04 bits per heavy atom. The molecule has 3 N–H and O–H groups in total. The van der Waals surface area contributed by atoms with Gasteiger partial charge in [0.15, 0.2) is 0 Å². The summed E-state index contributed by atoms with van der Waals surface area (Å²) in [6, 6.07) is 6.74. The topological polar surface area (TPSA) is 87.3 Å². The molecule has 0 fully saturated rings. The molecule has 0 heterocycles. The number of hydrogen-bond donors (Lipinski definition) is 3. The number of hydrogen-bond acceptors (Lipinski definition) is 3. The highest BCUT2D eigenvalue weighted by Gasteiger charge is 2.06. The molecule has 6 nitrogen and oxygen atoms in total.